The molecule has 6 N–H and O–H groups in total. The van der Waals surface area contributed by atoms with Gasteiger partial charge < -0.3 is 16.4 Å². The van der Waals surface area contributed by atoms with Crippen LogP contribution in [0.15, 0.2) is 0 Å². The molecule has 0 saturated heterocycles. The fourth-order valence-electron chi connectivity index (χ4n) is 1.91. The molecule has 3 nitrogen and oxygen atoms in total. The molecule has 0 aliphatic carbocycles. The summed E-state index contributed by atoms with van der Waals surface area (Å²) in [6, 6.07) is 0. The molecule has 0 amide bonds. The van der Waals surface area contributed by atoms with Gasteiger partial charge in [-0.25, -0.2) is 0 Å². The summed E-state index contributed by atoms with van der Waals surface area (Å²) in [5.74, 6) is 0. The summed E-state index contributed by atoms with van der Waals surface area (Å²) in [4.78, 5) is 0. The van der Waals surface area contributed by atoms with Crippen LogP contribution < -0.4 is 0 Å². The Morgan fingerprint density at radius 2 is 0.370 bits per heavy atom. The summed E-state index contributed by atoms with van der Waals surface area (Å²) >= 11 is 0. The zero-order chi connectivity index (χ0) is 10.5. The van der Waals surface area contributed by atoms with Crippen molar-refractivity contribution < 1.29 is 16.4 Å². The van der Waals surface area contributed by atoms with E-state index < -0.39 is 0 Å². The molecule has 13 heteroatoms. The predicted octanol–water partition coefficient (Wildman–Crippen LogP) is 9.01. The average molecular weight is 1060 g/mol. The third-order valence-electron chi connectivity index (χ3n) is 2.96. The lowest BCUT2D eigenvalue weighted by molar-refractivity contribution is 0.548. The van der Waals surface area contributed by atoms with Crippen LogP contribution in [0.25, 0.3) is 0 Å². The second-order valence-electron chi connectivity index (χ2n) is 4.54. The largest absolute Gasteiger partial charge is 0.412 e. The number of hydrogen-bond acceptors (Lipinski definition) is 0. The molecule has 0 rings (SSSR count). The van der Waals surface area contributed by atoms with Crippen molar-refractivity contribution in [3.8, 4) is 0 Å². The highest BCUT2D eigenvalue weighted by Crippen LogP contribution is 2.11. The Morgan fingerprint density at radius 3 is 0.481 bits per heavy atom. The Hall–Kier alpha value is 4.68. The zero-order valence-corrected chi connectivity index (χ0v) is 33.2. The zero-order valence-electron chi connectivity index (χ0n) is 16.1. The van der Waals surface area contributed by atoms with E-state index in [0.29, 0.717) is 0 Å². The van der Waals surface area contributed by atoms with Crippen molar-refractivity contribution in [1.29, 1.82) is 0 Å². The summed E-state index contributed by atoms with van der Waals surface area (Å²) in [7, 11) is 0. The van der Waals surface area contributed by atoms with Gasteiger partial charge in [0.1, 0.15) is 0 Å². The van der Waals surface area contributed by atoms with E-state index in [-0.39, 0.29) is 186 Å². The summed E-state index contributed by atoms with van der Waals surface area (Å²) in [5, 5.41) is 0. The molecule has 0 bridgehead atoms. The summed E-state index contributed by atoms with van der Waals surface area (Å²) in [6.07, 6.45) is 17.4. The van der Waals surface area contributed by atoms with E-state index in [1.165, 1.54) is 77.0 Å². The predicted molar refractivity (Wildman–Crippen MR) is 181 cm³/mol. The highest BCUT2D eigenvalue weighted by molar-refractivity contribution is 8.94. The van der Waals surface area contributed by atoms with Gasteiger partial charge in [0.25, 0.3) is 0 Å². The highest BCUT2D eigenvalue weighted by Gasteiger charge is 1.91. The van der Waals surface area contributed by atoms with Crippen LogP contribution in [0.1, 0.15) is 90.9 Å². The first-order valence-corrected chi connectivity index (χ1v) is 6.91. The molecular formula is C14H46Br10O3. The van der Waals surface area contributed by atoms with Gasteiger partial charge in [-0.1, -0.05) is 90.9 Å². The van der Waals surface area contributed by atoms with E-state index in [4.69, 9.17) is 0 Å². The van der Waals surface area contributed by atoms with Crippen molar-refractivity contribution in [2.75, 3.05) is 0 Å². The lowest BCUT2D eigenvalue weighted by atomic mass is 10.1. The number of halogens is 10. The van der Waals surface area contributed by atoms with Gasteiger partial charge in [0.15, 0.2) is 0 Å². The lowest BCUT2D eigenvalue weighted by Gasteiger charge is -2.01. The molecule has 0 aromatic carbocycles. The molecule has 0 aromatic rings. The van der Waals surface area contributed by atoms with Gasteiger partial charge in [-0.05, 0) is 0 Å². The van der Waals surface area contributed by atoms with Crippen LogP contribution >= 0.6 is 170 Å². The number of unbranched alkanes of at least 4 members (excludes halogenated alkanes) is 11. The maximum Gasteiger partial charge on any atom is -0.0533 e. The first-order valence-electron chi connectivity index (χ1n) is 6.91. The second kappa shape index (κ2) is 97.1. The first kappa shape index (κ1) is 95.4. The molecule has 0 heterocycles. The van der Waals surface area contributed by atoms with E-state index in [2.05, 4.69) is 13.8 Å². The normalized spacial score (nSPS) is 5.56. The van der Waals surface area contributed by atoms with Gasteiger partial charge >= 0.3 is 0 Å². The molecule has 0 spiro atoms. The summed E-state index contributed by atoms with van der Waals surface area (Å²) in [6.45, 7) is 4.57. The van der Waals surface area contributed by atoms with Crippen LogP contribution in [0, 0.1) is 0 Å². The van der Waals surface area contributed by atoms with E-state index in [1.807, 2.05) is 0 Å². The van der Waals surface area contributed by atoms with Gasteiger partial charge in [0.05, 0.1) is 0 Å². The number of rotatable bonds is 11. The van der Waals surface area contributed by atoms with Gasteiger partial charge in [0.2, 0.25) is 0 Å². The van der Waals surface area contributed by atoms with E-state index in [1.54, 1.807) is 0 Å². The van der Waals surface area contributed by atoms with Crippen LogP contribution in [0.4, 0.5) is 0 Å². The standard InChI is InChI=1S/C14H30.10BrH.3H2O/c1-3-5-7-9-11-13-14-12-10-8-6-4-2;;;;;;;;;;;;;/h3-14H2,1-2H3;10*1H;3*1H2. The van der Waals surface area contributed by atoms with E-state index in [0.717, 1.165) is 0 Å². The van der Waals surface area contributed by atoms with Crippen LogP contribution in [0.3, 0.4) is 0 Å². The Balaban J connectivity index is -0.0000000108. The molecule has 0 radical (unpaired) electrons. The lowest BCUT2D eigenvalue weighted by Crippen LogP contribution is -1.81. The maximum atomic E-state index is 2.29. The van der Waals surface area contributed by atoms with Crippen molar-refractivity contribution in [3.05, 3.63) is 0 Å². The van der Waals surface area contributed by atoms with E-state index in [9.17, 15) is 0 Å². The van der Waals surface area contributed by atoms with Crippen LogP contribution in [0.5, 0.6) is 0 Å². The topological polar surface area (TPSA) is 94.5 Å². The van der Waals surface area contributed by atoms with Crippen LogP contribution in [-0.2, 0) is 0 Å². The quantitative estimate of drug-likeness (QED) is 0.185. The van der Waals surface area contributed by atoms with Crippen LogP contribution in [0.2, 0.25) is 0 Å². The second-order valence-corrected chi connectivity index (χ2v) is 4.54. The molecule has 27 heavy (non-hydrogen) atoms. The Morgan fingerprint density at radius 1 is 0.259 bits per heavy atom. The van der Waals surface area contributed by atoms with Gasteiger partial charge in [0, 0.05) is 0 Å². The molecule has 0 atom stereocenters. The minimum atomic E-state index is 0. The summed E-state index contributed by atoms with van der Waals surface area (Å²) < 4.78 is 0. The van der Waals surface area contributed by atoms with E-state index >= 15 is 0 Å². The average Bonchev–Trinajstić information content (AvgIpc) is 2.21. The molecular weight excluding hydrogens is 1020 g/mol. The van der Waals surface area contributed by atoms with Crippen LogP contribution in [-0.4, -0.2) is 16.4 Å². The minimum absolute atomic E-state index is 0. The van der Waals surface area contributed by atoms with Crippen molar-refractivity contribution in [2.45, 2.75) is 90.9 Å². The molecule has 0 saturated carbocycles. The molecule has 0 fully saturated rings. The SMILES string of the molecule is Br.Br.Br.Br.Br.Br.Br.Br.Br.Br.CCCCCCCCCCCCCC.O.O.O. The third-order valence-corrected chi connectivity index (χ3v) is 2.96. The van der Waals surface area contributed by atoms with Crippen molar-refractivity contribution in [1.82, 2.24) is 0 Å². The maximum absolute atomic E-state index is 2.29. The van der Waals surface area contributed by atoms with Gasteiger partial charge in [-0.2, -0.15) is 0 Å². The highest BCUT2D eigenvalue weighted by atomic mass is 79.9. The Labute approximate surface area is 273 Å². The van der Waals surface area contributed by atoms with Crippen molar-refractivity contribution in [2.24, 2.45) is 0 Å². The summed E-state index contributed by atoms with van der Waals surface area (Å²) in [5.41, 5.74) is 0. The Bertz CT molecular complexity index is 111. The minimum Gasteiger partial charge on any atom is -0.412 e. The smallest absolute Gasteiger partial charge is 0.0533 e. The number of hydrogen-bond donors (Lipinski definition) is 0. The third kappa shape index (κ3) is 103. The molecule has 0 aromatic heterocycles. The molecule has 190 valence electrons. The van der Waals surface area contributed by atoms with Crippen molar-refractivity contribution in [3.63, 3.8) is 0 Å². The molecule has 0 aliphatic rings. The van der Waals surface area contributed by atoms with Crippen molar-refractivity contribution >= 4 is 170 Å². The Kier molecular flexibility index (Phi) is 343. The first-order chi connectivity index (χ1) is 6.91. The van der Waals surface area contributed by atoms with Gasteiger partial charge in [-0.3, -0.25) is 0 Å². The van der Waals surface area contributed by atoms with Gasteiger partial charge in [-0.15, -0.1) is 170 Å². The molecule has 0 aliphatic heterocycles. The monoisotopic (exact) mass is 1050 g/mol. The fourth-order valence-corrected chi connectivity index (χ4v) is 1.91. The fraction of sp³-hybridized carbons (Fsp3) is 1.00. The molecule has 0 unspecified atom stereocenters.